The summed E-state index contributed by atoms with van der Waals surface area (Å²) in [6.45, 7) is 1.49. The number of hydrogen-bond acceptors (Lipinski definition) is 7. The number of carbonyl (C=O) groups excluding carboxylic acids is 1. The van der Waals surface area contributed by atoms with Crippen LogP contribution in [0.3, 0.4) is 0 Å². The van der Waals surface area contributed by atoms with Crippen LogP contribution < -0.4 is 15.5 Å². The zero-order chi connectivity index (χ0) is 22.5. The molecule has 0 radical (unpaired) electrons. The van der Waals surface area contributed by atoms with Gasteiger partial charge in [-0.1, -0.05) is 0 Å². The van der Waals surface area contributed by atoms with E-state index in [-0.39, 0.29) is 27.6 Å². The van der Waals surface area contributed by atoms with Gasteiger partial charge in [0.15, 0.2) is 5.11 Å². The molecule has 1 heterocycles. The number of thiocarbonyl (C=S) groups is 1. The second-order valence-electron chi connectivity index (χ2n) is 6.95. The van der Waals surface area contributed by atoms with Crippen molar-refractivity contribution in [2.75, 3.05) is 23.3 Å². The summed E-state index contributed by atoms with van der Waals surface area (Å²) in [4.78, 5) is 36.5. The van der Waals surface area contributed by atoms with Crippen LogP contribution in [-0.2, 0) is 0 Å². The van der Waals surface area contributed by atoms with Crippen molar-refractivity contribution in [2.45, 2.75) is 19.3 Å². The van der Waals surface area contributed by atoms with Crippen LogP contribution in [0, 0.1) is 10.1 Å². The Morgan fingerprint density at radius 3 is 2.39 bits per heavy atom. The second kappa shape index (κ2) is 9.39. The van der Waals surface area contributed by atoms with E-state index in [1.54, 1.807) is 6.07 Å². The van der Waals surface area contributed by atoms with E-state index in [0.29, 0.717) is 5.69 Å². The molecular weight excluding hydrogens is 424 g/mol. The monoisotopic (exact) mass is 444 g/mol. The van der Waals surface area contributed by atoms with E-state index < -0.39 is 22.5 Å². The van der Waals surface area contributed by atoms with Crippen molar-refractivity contribution in [3.8, 4) is 5.75 Å². The van der Waals surface area contributed by atoms with E-state index in [1.807, 2.05) is 4.90 Å². The van der Waals surface area contributed by atoms with Gasteiger partial charge in [0.25, 0.3) is 11.6 Å². The molecule has 162 valence electrons. The molecule has 3 rings (SSSR count). The molecule has 0 saturated carbocycles. The highest BCUT2D eigenvalue weighted by molar-refractivity contribution is 7.80. The third-order valence-corrected chi connectivity index (χ3v) is 5.05. The van der Waals surface area contributed by atoms with E-state index in [0.717, 1.165) is 38.4 Å². The molecule has 1 amide bonds. The molecule has 4 N–H and O–H groups in total. The quantitative estimate of drug-likeness (QED) is 0.310. The van der Waals surface area contributed by atoms with Crippen LogP contribution >= 0.6 is 12.2 Å². The maximum atomic E-state index is 12.9. The van der Waals surface area contributed by atoms with Gasteiger partial charge in [-0.2, -0.15) is 0 Å². The van der Waals surface area contributed by atoms with Crippen LogP contribution in [0.1, 0.15) is 40.0 Å². The zero-order valence-electron chi connectivity index (χ0n) is 16.3. The first-order chi connectivity index (χ1) is 14.8. The summed E-state index contributed by atoms with van der Waals surface area (Å²) in [5, 5.41) is 35.0. The number of anilines is 2. The number of nitro benzene ring substituents is 1. The van der Waals surface area contributed by atoms with Crippen molar-refractivity contribution in [1.82, 2.24) is 5.32 Å². The number of aromatic hydroxyl groups is 1. The molecule has 2 aromatic rings. The summed E-state index contributed by atoms with van der Waals surface area (Å²) in [6.07, 6.45) is 3.02. The van der Waals surface area contributed by atoms with Crippen LogP contribution in [0.15, 0.2) is 36.4 Å². The molecule has 1 aliphatic heterocycles. The summed E-state index contributed by atoms with van der Waals surface area (Å²) in [7, 11) is 0. The number of rotatable bonds is 5. The number of aromatic carboxylic acids is 1. The second-order valence-corrected chi connectivity index (χ2v) is 7.36. The van der Waals surface area contributed by atoms with Gasteiger partial charge in [-0.25, -0.2) is 4.79 Å². The van der Waals surface area contributed by atoms with Crippen molar-refractivity contribution in [1.29, 1.82) is 0 Å². The highest BCUT2D eigenvalue weighted by Gasteiger charge is 2.22. The number of non-ortho nitro benzene ring substituents is 1. The molecule has 31 heavy (non-hydrogen) atoms. The van der Waals surface area contributed by atoms with Crippen LogP contribution in [0.4, 0.5) is 17.1 Å². The molecule has 0 aromatic heterocycles. The predicted octanol–water partition coefficient (Wildman–Crippen LogP) is 3.12. The molecule has 1 fully saturated rings. The van der Waals surface area contributed by atoms with Crippen molar-refractivity contribution < 1.29 is 24.7 Å². The highest BCUT2D eigenvalue weighted by Crippen LogP contribution is 2.28. The third-order valence-electron chi connectivity index (χ3n) is 4.85. The fourth-order valence-electron chi connectivity index (χ4n) is 3.35. The fraction of sp³-hybridized carbons (Fsp3) is 0.250. The Morgan fingerprint density at radius 1 is 1.06 bits per heavy atom. The minimum Gasteiger partial charge on any atom is -0.507 e. The van der Waals surface area contributed by atoms with Gasteiger partial charge >= 0.3 is 5.97 Å². The molecule has 0 aliphatic carbocycles. The minimum atomic E-state index is -1.28. The predicted molar refractivity (Wildman–Crippen MR) is 118 cm³/mol. The lowest BCUT2D eigenvalue weighted by Gasteiger charge is -2.30. The van der Waals surface area contributed by atoms with Crippen molar-refractivity contribution >= 4 is 46.3 Å². The summed E-state index contributed by atoms with van der Waals surface area (Å²) >= 11 is 5.14. The average molecular weight is 444 g/mol. The average Bonchev–Trinajstić information content (AvgIpc) is 2.73. The molecule has 2 aromatic carbocycles. The van der Waals surface area contributed by atoms with E-state index >= 15 is 0 Å². The van der Waals surface area contributed by atoms with Crippen LogP contribution in [0.25, 0.3) is 0 Å². The molecule has 1 saturated heterocycles. The number of benzene rings is 2. The zero-order valence-corrected chi connectivity index (χ0v) is 17.1. The lowest BCUT2D eigenvalue weighted by molar-refractivity contribution is -0.384. The van der Waals surface area contributed by atoms with Crippen molar-refractivity contribution in [2.24, 2.45) is 0 Å². The molecule has 0 atom stereocenters. The molecular formula is C20H20N4O6S. The SMILES string of the molecule is O=C(O)c1ccc(NC(=S)NC(=O)c2cc([N+](=O)[O-])ccc2N2CCCCC2)cc1O. The number of hydrogen-bond donors (Lipinski definition) is 4. The third kappa shape index (κ3) is 5.25. The molecule has 0 unspecified atom stereocenters. The Kier molecular flexibility index (Phi) is 6.65. The number of nitrogens with zero attached hydrogens (tertiary/aromatic N) is 2. The summed E-state index contributed by atoms with van der Waals surface area (Å²) in [5.41, 5.74) is 0.503. The number of amides is 1. The standard InChI is InChI=1S/C20H20N4O6S/c25-17-10-12(4-6-14(17)19(27)28)21-20(31)22-18(26)15-11-13(24(29)30)5-7-16(15)23-8-2-1-3-9-23/h4-7,10-11,25H,1-3,8-9H2,(H,27,28)(H2,21,22,26,31). The maximum absolute atomic E-state index is 12.9. The van der Waals surface area contributed by atoms with Gasteiger partial charge in [-0.3, -0.25) is 20.2 Å². The molecule has 10 nitrogen and oxygen atoms in total. The van der Waals surface area contributed by atoms with E-state index in [9.17, 15) is 24.8 Å². The van der Waals surface area contributed by atoms with E-state index in [2.05, 4.69) is 10.6 Å². The Bertz CT molecular complexity index is 1050. The summed E-state index contributed by atoms with van der Waals surface area (Å²) in [5.74, 6) is -2.36. The summed E-state index contributed by atoms with van der Waals surface area (Å²) in [6, 6.07) is 7.89. The lowest BCUT2D eigenvalue weighted by atomic mass is 10.1. The Hall–Kier alpha value is -3.73. The molecule has 11 heteroatoms. The smallest absolute Gasteiger partial charge is 0.339 e. The van der Waals surface area contributed by atoms with Gasteiger partial charge in [-0.05, 0) is 49.7 Å². The molecule has 0 spiro atoms. The van der Waals surface area contributed by atoms with Gasteiger partial charge in [0.2, 0.25) is 0 Å². The van der Waals surface area contributed by atoms with Crippen LogP contribution in [0.5, 0.6) is 5.75 Å². The normalized spacial score (nSPS) is 13.4. The number of carboxylic acids is 1. The van der Waals surface area contributed by atoms with Gasteiger partial charge in [-0.15, -0.1) is 0 Å². The Balaban J connectivity index is 1.79. The number of nitro groups is 1. The van der Waals surface area contributed by atoms with Crippen molar-refractivity contribution in [3.05, 3.63) is 57.6 Å². The fourth-order valence-corrected chi connectivity index (χ4v) is 3.56. The van der Waals surface area contributed by atoms with E-state index in [1.165, 1.54) is 24.3 Å². The maximum Gasteiger partial charge on any atom is 0.339 e. The van der Waals surface area contributed by atoms with Gasteiger partial charge in [0.1, 0.15) is 11.3 Å². The number of nitrogens with one attached hydrogen (secondary N) is 2. The minimum absolute atomic E-state index is 0.108. The number of carbonyl (C=O) groups is 2. The first-order valence-electron chi connectivity index (χ1n) is 9.48. The van der Waals surface area contributed by atoms with Crippen LogP contribution in [0.2, 0.25) is 0 Å². The summed E-state index contributed by atoms with van der Waals surface area (Å²) < 4.78 is 0. The topological polar surface area (TPSA) is 145 Å². The van der Waals surface area contributed by atoms with Crippen LogP contribution in [-0.4, -0.2) is 45.2 Å². The lowest BCUT2D eigenvalue weighted by Crippen LogP contribution is -2.36. The first kappa shape index (κ1) is 22.0. The van der Waals surface area contributed by atoms with E-state index in [4.69, 9.17) is 17.3 Å². The molecule has 0 bridgehead atoms. The largest absolute Gasteiger partial charge is 0.507 e. The van der Waals surface area contributed by atoms with Gasteiger partial charge in [0.05, 0.1) is 16.2 Å². The number of carboxylic acid groups (broad SMARTS) is 1. The van der Waals surface area contributed by atoms with Gasteiger partial charge in [0, 0.05) is 37.0 Å². The number of phenols is 1. The number of piperidine rings is 1. The van der Waals surface area contributed by atoms with Gasteiger partial charge < -0.3 is 20.4 Å². The Labute approximate surface area is 182 Å². The highest BCUT2D eigenvalue weighted by atomic mass is 32.1. The first-order valence-corrected chi connectivity index (χ1v) is 9.89. The Morgan fingerprint density at radius 2 is 1.77 bits per heavy atom. The van der Waals surface area contributed by atoms with Crippen molar-refractivity contribution in [3.63, 3.8) is 0 Å². The molecule has 1 aliphatic rings.